The van der Waals surface area contributed by atoms with Crippen molar-refractivity contribution in [1.82, 2.24) is 0 Å². The summed E-state index contributed by atoms with van der Waals surface area (Å²) < 4.78 is 33.5. The molecule has 0 saturated heterocycles. The predicted molar refractivity (Wildman–Crippen MR) is 61.7 cm³/mol. The second-order valence-electron chi connectivity index (χ2n) is 3.18. The van der Waals surface area contributed by atoms with Crippen molar-refractivity contribution >= 4 is 9.84 Å². The second kappa shape index (κ2) is 4.57. The maximum atomic E-state index is 11.7. The molecule has 0 heterocycles. The highest BCUT2D eigenvalue weighted by atomic mass is 32.2. The number of aryl methyl sites for hydroxylation is 1. The van der Waals surface area contributed by atoms with Crippen LogP contribution in [0.4, 0.5) is 0 Å². The third kappa shape index (κ3) is 2.19. The van der Waals surface area contributed by atoms with E-state index in [1.54, 1.807) is 6.07 Å². The van der Waals surface area contributed by atoms with Crippen LogP contribution >= 0.6 is 0 Å². The van der Waals surface area contributed by atoms with E-state index in [1.807, 2.05) is 6.92 Å². The van der Waals surface area contributed by atoms with Crippen LogP contribution in [-0.2, 0) is 9.84 Å². The molecule has 0 saturated carbocycles. The highest BCUT2D eigenvalue weighted by Crippen LogP contribution is 2.32. The molecule has 0 amide bonds. The average Bonchev–Trinajstić information content (AvgIpc) is 2.28. The minimum atomic E-state index is -3.53. The highest BCUT2D eigenvalue weighted by Gasteiger charge is 2.18. The Kier molecular flexibility index (Phi) is 3.59. The van der Waals surface area contributed by atoms with Crippen LogP contribution in [-0.4, -0.2) is 22.6 Å². The Morgan fingerprint density at radius 1 is 1.19 bits per heavy atom. The van der Waals surface area contributed by atoms with Crippen LogP contribution in [0.25, 0.3) is 0 Å². The largest absolute Gasteiger partial charge is 0.496 e. The Bertz CT molecular complexity index is 503. The zero-order valence-corrected chi connectivity index (χ0v) is 10.3. The molecule has 1 aromatic rings. The highest BCUT2D eigenvalue weighted by molar-refractivity contribution is 7.94. The summed E-state index contributed by atoms with van der Waals surface area (Å²) >= 11 is 0. The van der Waals surface area contributed by atoms with Crippen LogP contribution in [0.1, 0.15) is 5.56 Å². The van der Waals surface area contributed by atoms with E-state index in [0.29, 0.717) is 11.5 Å². The van der Waals surface area contributed by atoms with Crippen molar-refractivity contribution in [3.05, 3.63) is 29.7 Å². The van der Waals surface area contributed by atoms with Gasteiger partial charge in [-0.15, -0.1) is 0 Å². The first-order valence-electron chi connectivity index (χ1n) is 4.56. The molecular weight excluding hydrogens is 228 g/mol. The molecule has 0 aromatic heterocycles. The number of hydrogen-bond donors (Lipinski definition) is 0. The molecule has 0 unspecified atom stereocenters. The molecule has 1 rings (SSSR count). The lowest BCUT2D eigenvalue weighted by molar-refractivity contribution is 0.390. The Morgan fingerprint density at radius 2 is 1.75 bits per heavy atom. The van der Waals surface area contributed by atoms with Gasteiger partial charge in [0.15, 0.2) is 0 Å². The molecule has 0 aliphatic heterocycles. The molecular formula is C11H14O4S. The van der Waals surface area contributed by atoms with E-state index in [-0.39, 0.29) is 4.90 Å². The fourth-order valence-corrected chi connectivity index (χ4v) is 2.21. The summed E-state index contributed by atoms with van der Waals surface area (Å²) in [5, 5.41) is 0.889. The van der Waals surface area contributed by atoms with Crippen molar-refractivity contribution in [1.29, 1.82) is 0 Å². The maximum absolute atomic E-state index is 11.7. The summed E-state index contributed by atoms with van der Waals surface area (Å²) in [6.45, 7) is 5.09. The molecule has 0 atom stereocenters. The third-order valence-corrected chi connectivity index (χ3v) is 3.58. The van der Waals surface area contributed by atoms with Crippen LogP contribution < -0.4 is 9.47 Å². The lowest BCUT2D eigenvalue weighted by Gasteiger charge is -2.11. The number of hydrogen-bond acceptors (Lipinski definition) is 4. The van der Waals surface area contributed by atoms with Gasteiger partial charge in [0.05, 0.1) is 14.2 Å². The van der Waals surface area contributed by atoms with Gasteiger partial charge in [-0.05, 0) is 18.6 Å². The standard InChI is InChI=1S/C11H14O4S/c1-5-16(12,13)11-7-9(14-3)8(2)6-10(11)15-4/h5-7H,1H2,2-4H3. The van der Waals surface area contributed by atoms with Gasteiger partial charge < -0.3 is 9.47 Å². The minimum absolute atomic E-state index is 0.0625. The summed E-state index contributed by atoms with van der Waals surface area (Å²) in [6, 6.07) is 3.06. The van der Waals surface area contributed by atoms with Gasteiger partial charge in [0.1, 0.15) is 16.4 Å². The van der Waals surface area contributed by atoms with Gasteiger partial charge in [0.25, 0.3) is 0 Å². The molecule has 0 N–H and O–H groups in total. The third-order valence-electron chi connectivity index (χ3n) is 2.21. The lowest BCUT2D eigenvalue weighted by atomic mass is 10.2. The van der Waals surface area contributed by atoms with Crippen LogP contribution in [0.2, 0.25) is 0 Å². The second-order valence-corrected chi connectivity index (χ2v) is 5.05. The van der Waals surface area contributed by atoms with Crippen molar-refractivity contribution < 1.29 is 17.9 Å². The Labute approximate surface area is 95.4 Å². The monoisotopic (exact) mass is 242 g/mol. The van der Waals surface area contributed by atoms with Crippen LogP contribution in [0.15, 0.2) is 29.0 Å². The van der Waals surface area contributed by atoms with Gasteiger partial charge in [-0.2, -0.15) is 0 Å². The molecule has 1 aromatic carbocycles. The van der Waals surface area contributed by atoms with Crippen molar-refractivity contribution in [2.45, 2.75) is 11.8 Å². The smallest absolute Gasteiger partial charge is 0.203 e. The number of benzene rings is 1. The van der Waals surface area contributed by atoms with Gasteiger partial charge in [0.2, 0.25) is 9.84 Å². The van der Waals surface area contributed by atoms with Gasteiger partial charge in [0, 0.05) is 11.5 Å². The first-order valence-corrected chi connectivity index (χ1v) is 6.11. The Hall–Kier alpha value is -1.49. The maximum Gasteiger partial charge on any atom is 0.203 e. The lowest BCUT2D eigenvalue weighted by Crippen LogP contribution is -2.01. The molecule has 5 heteroatoms. The molecule has 0 fully saturated rings. The quantitative estimate of drug-likeness (QED) is 0.809. The fourth-order valence-electron chi connectivity index (χ4n) is 1.33. The van der Waals surface area contributed by atoms with E-state index >= 15 is 0 Å². The van der Waals surface area contributed by atoms with Gasteiger partial charge in [-0.1, -0.05) is 6.58 Å². The van der Waals surface area contributed by atoms with Gasteiger partial charge >= 0.3 is 0 Å². The molecule has 0 radical (unpaired) electrons. The summed E-state index contributed by atoms with van der Waals surface area (Å²) in [7, 11) is -0.626. The molecule has 4 nitrogen and oxygen atoms in total. The van der Waals surface area contributed by atoms with Crippen molar-refractivity contribution in [2.75, 3.05) is 14.2 Å². The number of rotatable bonds is 4. The van der Waals surface area contributed by atoms with E-state index in [4.69, 9.17) is 9.47 Å². The fraction of sp³-hybridized carbons (Fsp3) is 0.273. The molecule has 16 heavy (non-hydrogen) atoms. The molecule has 0 aliphatic rings. The topological polar surface area (TPSA) is 52.6 Å². The normalized spacial score (nSPS) is 10.9. The molecule has 0 aliphatic carbocycles. The molecule has 0 spiro atoms. The zero-order chi connectivity index (χ0) is 12.3. The van der Waals surface area contributed by atoms with Crippen LogP contribution in [0.5, 0.6) is 11.5 Å². The van der Waals surface area contributed by atoms with Gasteiger partial charge in [-0.3, -0.25) is 0 Å². The van der Waals surface area contributed by atoms with Crippen molar-refractivity contribution in [2.24, 2.45) is 0 Å². The Balaban J connectivity index is 3.54. The van der Waals surface area contributed by atoms with E-state index < -0.39 is 9.84 Å². The predicted octanol–water partition coefficient (Wildman–Crippen LogP) is 1.93. The summed E-state index contributed by atoms with van der Waals surface area (Å²) in [4.78, 5) is 0.0625. The zero-order valence-electron chi connectivity index (χ0n) is 9.48. The van der Waals surface area contributed by atoms with Crippen molar-refractivity contribution in [3.63, 3.8) is 0 Å². The van der Waals surface area contributed by atoms with Crippen LogP contribution in [0.3, 0.4) is 0 Å². The first kappa shape index (κ1) is 12.6. The number of sulfone groups is 1. The van der Waals surface area contributed by atoms with E-state index in [2.05, 4.69) is 6.58 Å². The van der Waals surface area contributed by atoms with Gasteiger partial charge in [-0.25, -0.2) is 8.42 Å². The average molecular weight is 242 g/mol. The summed E-state index contributed by atoms with van der Waals surface area (Å²) in [5.74, 6) is 0.791. The van der Waals surface area contributed by atoms with E-state index in [9.17, 15) is 8.42 Å². The summed E-state index contributed by atoms with van der Waals surface area (Å²) in [5.41, 5.74) is 0.808. The minimum Gasteiger partial charge on any atom is -0.496 e. The van der Waals surface area contributed by atoms with E-state index in [1.165, 1.54) is 20.3 Å². The Morgan fingerprint density at radius 3 is 2.19 bits per heavy atom. The van der Waals surface area contributed by atoms with Crippen molar-refractivity contribution in [3.8, 4) is 11.5 Å². The van der Waals surface area contributed by atoms with Crippen LogP contribution in [0, 0.1) is 6.92 Å². The SMILES string of the molecule is C=CS(=O)(=O)c1cc(OC)c(C)cc1OC. The van der Waals surface area contributed by atoms with E-state index in [0.717, 1.165) is 11.0 Å². The number of methoxy groups -OCH3 is 2. The number of ether oxygens (including phenoxy) is 2. The molecule has 0 bridgehead atoms. The summed E-state index contributed by atoms with van der Waals surface area (Å²) in [6.07, 6.45) is 0. The molecule has 88 valence electrons. The first-order chi connectivity index (χ1) is 7.46.